The lowest BCUT2D eigenvalue weighted by Gasteiger charge is -2.25. The van der Waals surface area contributed by atoms with Gasteiger partial charge in [-0.15, -0.1) is 0 Å². The molecule has 1 aliphatic rings. The molecule has 0 amide bonds. The predicted octanol–water partition coefficient (Wildman–Crippen LogP) is 7.49. The van der Waals surface area contributed by atoms with Gasteiger partial charge in [-0.3, -0.25) is 9.65 Å². The fraction of sp³-hybridized carbons (Fsp3) is 0.360. The third kappa shape index (κ3) is 6.19. The molecule has 1 N–H and O–H groups in total. The molecule has 0 bridgehead atoms. The van der Waals surface area contributed by atoms with Gasteiger partial charge in [0.1, 0.15) is 11.5 Å². The molecule has 1 heterocycles. The highest BCUT2D eigenvalue weighted by Gasteiger charge is 2.27. The van der Waals surface area contributed by atoms with Crippen molar-refractivity contribution in [3.05, 3.63) is 83.4 Å². The van der Waals surface area contributed by atoms with Crippen molar-refractivity contribution in [2.45, 2.75) is 46.0 Å². The van der Waals surface area contributed by atoms with E-state index in [0.717, 1.165) is 24.1 Å². The molecule has 0 aromatic heterocycles. The Hall–Kier alpha value is -2.09. The molecule has 4 heteroatoms. The van der Waals surface area contributed by atoms with E-state index < -0.39 is 7.29 Å². The van der Waals surface area contributed by atoms with Crippen LogP contribution in [0, 0.1) is 5.92 Å². The highest BCUT2D eigenvalue weighted by atomic mass is 31.2. The SMILES string of the molecule is CCCCCC(CC)CNP1(=O)C=C(c2ccccc2)OC(c2ccccc2)=C1. The van der Waals surface area contributed by atoms with Crippen LogP contribution in [-0.2, 0) is 9.30 Å². The molecule has 0 fully saturated rings. The molecule has 0 aliphatic carbocycles. The number of nitrogens with one attached hydrogen (secondary N) is 1. The monoisotopic (exact) mass is 409 g/mol. The number of ether oxygens (including phenoxy) is 1. The Morgan fingerprint density at radius 1 is 0.862 bits per heavy atom. The summed E-state index contributed by atoms with van der Waals surface area (Å²) in [5.74, 6) is 5.42. The van der Waals surface area contributed by atoms with E-state index in [9.17, 15) is 4.57 Å². The van der Waals surface area contributed by atoms with Crippen molar-refractivity contribution < 1.29 is 9.30 Å². The van der Waals surface area contributed by atoms with Gasteiger partial charge in [-0.25, -0.2) is 0 Å². The first-order valence-electron chi connectivity index (χ1n) is 10.7. The molecule has 0 spiro atoms. The molecule has 3 nitrogen and oxygen atoms in total. The highest BCUT2D eigenvalue weighted by Crippen LogP contribution is 2.53. The van der Waals surface area contributed by atoms with Crippen LogP contribution in [0.1, 0.15) is 57.1 Å². The Labute approximate surface area is 175 Å². The van der Waals surface area contributed by atoms with Gasteiger partial charge in [-0.2, -0.15) is 0 Å². The molecule has 2 aromatic rings. The molecule has 0 radical (unpaired) electrons. The van der Waals surface area contributed by atoms with E-state index in [-0.39, 0.29) is 0 Å². The average molecular weight is 410 g/mol. The molecule has 2 aromatic carbocycles. The van der Waals surface area contributed by atoms with Crippen molar-refractivity contribution in [1.82, 2.24) is 5.09 Å². The Morgan fingerprint density at radius 2 is 1.41 bits per heavy atom. The molecule has 1 atom stereocenters. The summed E-state index contributed by atoms with van der Waals surface area (Å²) in [6.45, 7) is 5.20. The minimum atomic E-state index is -2.86. The lowest BCUT2D eigenvalue weighted by Crippen LogP contribution is -2.20. The molecular weight excluding hydrogens is 377 g/mol. The zero-order valence-corrected chi connectivity index (χ0v) is 18.4. The van der Waals surface area contributed by atoms with Crippen LogP contribution in [0.15, 0.2) is 72.3 Å². The van der Waals surface area contributed by atoms with E-state index in [0.29, 0.717) is 17.4 Å². The van der Waals surface area contributed by atoms with Crippen LogP contribution >= 0.6 is 7.29 Å². The fourth-order valence-corrected chi connectivity index (χ4v) is 5.43. The summed E-state index contributed by atoms with van der Waals surface area (Å²) in [5, 5.41) is 3.40. The molecule has 0 saturated carbocycles. The second kappa shape index (κ2) is 10.6. The lowest BCUT2D eigenvalue weighted by atomic mass is 9.99. The van der Waals surface area contributed by atoms with Crippen molar-refractivity contribution in [3.63, 3.8) is 0 Å². The van der Waals surface area contributed by atoms with Crippen LogP contribution in [-0.4, -0.2) is 6.54 Å². The van der Waals surface area contributed by atoms with Gasteiger partial charge in [0.05, 0.1) is 0 Å². The van der Waals surface area contributed by atoms with E-state index >= 15 is 0 Å². The summed E-state index contributed by atoms with van der Waals surface area (Å²) >= 11 is 0. The van der Waals surface area contributed by atoms with Crippen LogP contribution < -0.4 is 5.09 Å². The standard InChI is InChI=1S/C25H32NO2P/c1-3-5-8-13-21(4-2)18-26-29(27)19-24(22-14-9-6-10-15-22)28-25(20-29)23-16-11-7-12-17-23/h6-7,9-12,14-17,19-21H,3-5,8,13,18H2,1-2H3,(H,26,27). The van der Waals surface area contributed by atoms with E-state index in [4.69, 9.17) is 4.74 Å². The minimum absolute atomic E-state index is 0.539. The summed E-state index contributed by atoms with van der Waals surface area (Å²) in [7, 11) is -2.86. The first-order chi connectivity index (χ1) is 14.1. The molecule has 1 unspecified atom stereocenters. The molecule has 1 aliphatic heterocycles. The van der Waals surface area contributed by atoms with Gasteiger partial charge in [0.15, 0.2) is 7.29 Å². The largest absolute Gasteiger partial charge is 0.456 e. The van der Waals surface area contributed by atoms with Gasteiger partial charge in [0.2, 0.25) is 0 Å². The zero-order valence-electron chi connectivity index (χ0n) is 17.5. The average Bonchev–Trinajstić information content (AvgIpc) is 2.77. The van der Waals surface area contributed by atoms with Crippen molar-refractivity contribution in [1.29, 1.82) is 0 Å². The van der Waals surface area contributed by atoms with Crippen LogP contribution in [0.2, 0.25) is 0 Å². The first kappa shape index (κ1) is 21.6. The van der Waals surface area contributed by atoms with E-state index in [1.807, 2.05) is 60.7 Å². The van der Waals surface area contributed by atoms with Gasteiger partial charge >= 0.3 is 0 Å². The highest BCUT2D eigenvalue weighted by molar-refractivity contribution is 7.68. The van der Waals surface area contributed by atoms with Gasteiger partial charge < -0.3 is 4.74 Å². The topological polar surface area (TPSA) is 38.3 Å². The van der Waals surface area contributed by atoms with Crippen molar-refractivity contribution >= 4 is 18.8 Å². The maximum absolute atomic E-state index is 13.8. The number of rotatable bonds is 10. The molecule has 3 rings (SSSR count). The van der Waals surface area contributed by atoms with Gasteiger partial charge in [-0.05, 0) is 12.3 Å². The summed E-state index contributed by atoms with van der Waals surface area (Å²) in [4.78, 5) is 0. The Bertz CT molecular complexity index is 815. The molecule has 0 saturated heterocycles. The van der Waals surface area contributed by atoms with Gasteiger partial charge in [0, 0.05) is 29.3 Å². The van der Waals surface area contributed by atoms with Crippen LogP contribution in [0.4, 0.5) is 0 Å². The van der Waals surface area contributed by atoms with Crippen molar-refractivity contribution in [2.75, 3.05) is 6.54 Å². The van der Waals surface area contributed by atoms with Crippen LogP contribution in [0.25, 0.3) is 11.5 Å². The third-order valence-electron chi connectivity index (χ3n) is 5.37. The van der Waals surface area contributed by atoms with Crippen LogP contribution in [0.3, 0.4) is 0 Å². The number of benzene rings is 2. The zero-order chi connectivity index (χ0) is 20.5. The summed E-state index contributed by atoms with van der Waals surface area (Å²) in [6.07, 6.45) is 6.00. The number of hydrogen-bond acceptors (Lipinski definition) is 2. The Balaban J connectivity index is 1.83. The summed E-state index contributed by atoms with van der Waals surface area (Å²) in [5.41, 5.74) is 1.87. The maximum Gasteiger partial charge on any atom is 0.198 e. The molecule has 29 heavy (non-hydrogen) atoms. The number of unbranched alkanes of at least 4 members (excludes halogenated alkanes) is 2. The van der Waals surface area contributed by atoms with E-state index in [1.165, 1.54) is 25.7 Å². The van der Waals surface area contributed by atoms with Crippen molar-refractivity contribution in [2.24, 2.45) is 5.92 Å². The Kier molecular flexibility index (Phi) is 7.91. The summed E-state index contributed by atoms with van der Waals surface area (Å²) in [6, 6.07) is 19.8. The molecule has 154 valence electrons. The Morgan fingerprint density at radius 3 is 1.90 bits per heavy atom. The van der Waals surface area contributed by atoms with E-state index in [2.05, 4.69) is 18.9 Å². The second-order valence-corrected chi connectivity index (χ2v) is 9.91. The van der Waals surface area contributed by atoms with Crippen molar-refractivity contribution in [3.8, 4) is 0 Å². The lowest BCUT2D eigenvalue weighted by molar-refractivity contribution is 0.438. The predicted molar refractivity (Wildman–Crippen MR) is 123 cm³/mol. The molecular formula is C25H32NO2P. The maximum atomic E-state index is 13.8. The normalized spacial score (nSPS) is 16.5. The van der Waals surface area contributed by atoms with Crippen LogP contribution in [0.5, 0.6) is 0 Å². The first-order valence-corrected chi connectivity index (χ1v) is 12.6. The second-order valence-electron chi connectivity index (χ2n) is 7.66. The minimum Gasteiger partial charge on any atom is -0.456 e. The number of hydrogen-bond donors (Lipinski definition) is 1. The third-order valence-corrected chi connectivity index (χ3v) is 7.29. The van der Waals surface area contributed by atoms with Gasteiger partial charge in [-0.1, -0.05) is 100 Å². The fourth-order valence-electron chi connectivity index (χ4n) is 3.53. The summed E-state index contributed by atoms with van der Waals surface area (Å²) < 4.78 is 20.0. The van der Waals surface area contributed by atoms with E-state index in [1.54, 1.807) is 11.6 Å². The van der Waals surface area contributed by atoms with Gasteiger partial charge in [0.25, 0.3) is 0 Å². The quantitative estimate of drug-likeness (QED) is 0.326. The smallest absolute Gasteiger partial charge is 0.198 e.